The topological polar surface area (TPSA) is 67.9 Å². The Morgan fingerprint density at radius 1 is 0.889 bits per heavy atom. The van der Waals surface area contributed by atoms with E-state index in [0.717, 1.165) is 28.9 Å². The van der Waals surface area contributed by atoms with Crippen molar-refractivity contribution in [1.29, 1.82) is 0 Å². The van der Waals surface area contributed by atoms with Crippen LogP contribution < -0.4 is 14.8 Å². The molecule has 1 N–H and O–H groups in total. The normalized spacial score (nSPS) is 13.6. The summed E-state index contributed by atoms with van der Waals surface area (Å²) >= 11 is 0. The number of ether oxygens (including phenoxy) is 2. The fourth-order valence-electron chi connectivity index (χ4n) is 4.27. The molecule has 0 radical (unpaired) electrons. The standard InChI is InChI=1S/C30H34N2O4/c1-3-22(2)31-30(34)26(18-23-10-6-4-7-11-23)32(20-25-12-8-5-9-13-25)29(33)17-15-24-14-16-27-28(19-24)36-21-35-27/h4-14,16,19,22,26H,3,15,17-18,20-21H2,1-2H3,(H,31,34). The second-order valence-electron chi connectivity index (χ2n) is 9.22. The molecule has 2 unspecified atom stereocenters. The zero-order chi connectivity index (χ0) is 25.3. The van der Waals surface area contributed by atoms with Crippen LogP contribution in [0.3, 0.4) is 0 Å². The molecule has 1 aliphatic heterocycles. The maximum absolute atomic E-state index is 13.7. The number of carbonyl (C=O) groups is 2. The summed E-state index contributed by atoms with van der Waals surface area (Å²) in [6, 6.07) is 24.9. The Labute approximate surface area is 213 Å². The fourth-order valence-corrected chi connectivity index (χ4v) is 4.27. The van der Waals surface area contributed by atoms with Gasteiger partial charge in [-0.15, -0.1) is 0 Å². The Balaban J connectivity index is 1.58. The molecule has 36 heavy (non-hydrogen) atoms. The molecule has 6 heteroatoms. The van der Waals surface area contributed by atoms with E-state index in [0.29, 0.717) is 25.1 Å². The lowest BCUT2D eigenvalue weighted by Crippen LogP contribution is -2.52. The second kappa shape index (κ2) is 12.2. The highest BCUT2D eigenvalue weighted by atomic mass is 16.7. The zero-order valence-corrected chi connectivity index (χ0v) is 21.0. The van der Waals surface area contributed by atoms with Crippen LogP contribution in [0.15, 0.2) is 78.9 Å². The SMILES string of the molecule is CCC(C)NC(=O)C(Cc1ccccc1)N(Cc1ccccc1)C(=O)CCc1ccc2c(c1)OCO2. The van der Waals surface area contributed by atoms with Crippen LogP contribution in [0.5, 0.6) is 11.5 Å². The lowest BCUT2D eigenvalue weighted by Gasteiger charge is -2.32. The average Bonchev–Trinajstić information content (AvgIpc) is 3.38. The van der Waals surface area contributed by atoms with Crippen LogP contribution in [-0.4, -0.2) is 35.6 Å². The molecule has 3 aromatic carbocycles. The molecule has 0 saturated carbocycles. The van der Waals surface area contributed by atoms with Gasteiger partial charge in [0.05, 0.1) is 0 Å². The third kappa shape index (κ3) is 6.66. The first-order chi connectivity index (χ1) is 17.5. The van der Waals surface area contributed by atoms with Crippen LogP contribution in [0.1, 0.15) is 43.4 Å². The maximum atomic E-state index is 13.7. The highest BCUT2D eigenvalue weighted by Gasteiger charge is 2.30. The molecule has 0 aliphatic carbocycles. The Morgan fingerprint density at radius 3 is 2.25 bits per heavy atom. The van der Waals surface area contributed by atoms with Gasteiger partial charge in [-0.2, -0.15) is 0 Å². The largest absolute Gasteiger partial charge is 0.454 e. The molecule has 0 fully saturated rings. The molecule has 0 bridgehead atoms. The van der Waals surface area contributed by atoms with E-state index in [1.165, 1.54) is 0 Å². The van der Waals surface area contributed by atoms with E-state index >= 15 is 0 Å². The van der Waals surface area contributed by atoms with Gasteiger partial charge in [-0.1, -0.05) is 73.7 Å². The number of hydrogen-bond donors (Lipinski definition) is 1. The van der Waals surface area contributed by atoms with Crippen molar-refractivity contribution >= 4 is 11.8 Å². The summed E-state index contributed by atoms with van der Waals surface area (Å²) in [7, 11) is 0. The first-order valence-electron chi connectivity index (χ1n) is 12.6. The summed E-state index contributed by atoms with van der Waals surface area (Å²) < 4.78 is 10.9. The number of nitrogens with one attached hydrogen (secondary N) is 1. The van der Waals surface area contributed by atoms with Crippen LogP contribution in [0.4, 0.5) is 0 Å². The number of fused-ring (bicyclic) bond motifs is 1. The van der Waals surface area contributed by atoms with Crippen molar-refractivity contribution in [2.45, 2.75) is 58.2 Å². The summed E-state index contributed by atoms with van der Waals surface area (Å²) in [6.45, 7) is 4.61. The fraction of sp³-hybridized carbons (Fsp3) is 0.333. The molecule has 2 atom stereocenters. The highest BCUT2D eigenvalue weighted by molar-refractivity contribution is 5.88. The summed E-state index contributed by atoms with van der Waals surface area (Å²) in [4.78, 5) is 29.0. The van der Waals surface area contributed by atoms with E-state index in [-0.39, 0.29) is 31.1 Å². The lowest BCUT2D eigenvalue weighted by atomic mass is 10.0. The lowest BCUT2D eigenvalue weighted by molar-refractivity contribution is -0.141. The van der Waals surface area contributed by atoms with Gasteiger partial charge in [-0.05, 0) is 48.6 Å². The molecule has 3 aromatic rings. The number of hydrogen-bond acceptors (Lipinski definition) is 4. The van der Waals surface area contributed by atoms with Crippen molar-refractivity contribution in [3.63, 3.8) is 0 Å². The number of amides is 2. The minimum atomic E-state index is -0.620. The van der Waals surface area contributed by atoms with Crippen molar-refractivity contribution in [3.8, 4) is 11.5 Å². The van der Waals surface area contributed by atoms with Gasteiger partial charge >= 0.3 is 0 Å². The quantitative estimate of drug-likeness (QED) is 0.419. The Bertz CT molecular complexity index is 1150. The molecule has 0 spiro atoms. The first kappa shape index (κ1) is 25.3. The average molecular weight is 487 g/mol. The van der Waals surface area contributed by atoms with Gasteiger partial charge < -0.3 is 19.7 Å². The van der Waals surface area contributed by atoms with Crippen molar-refractivity contribution in [2.24, 2.45) is 0 Å². The van der Waals surface area contributed by atoms with Crippen LogP contribution in [0, 0.1) is 0 Å². The summed E-state index contributed by atoms with van der Waals surface area (Å²) in [6.07, 6.45) is 2.10. The summed E-state index contributed by atoms with van der Waals surface area (Å²) in [5.41, 5.74) is 3.00. The maximum Gasteiger partial charge on any atom is 0.243 e. The van der Waals surface area contributed by atoms with Crippen molar-refractivity contribution < 1.29 is 19.1 Å². The number of carbonyl (C=O) groups excluding carboxylic acids is 2. The third-order valence-electron chi connectivity index (χ3n) is 6.53. The Kier molecular flexibility index (Phi) is 8.61. The number of nitrogens with zero attached hydrogens (tertiary/aromatic N) is 1. The molecule has 2 amide bonds. The summed E-state index contributed by atoms with van der Waals surface area (Å²) in [5.74, 6) is 1.24. The molecule has 6 nitrogen and oxygen atoms in total. The molecule has 1 heterocycles. The van der Waals surface area contributed by atoms with E-state index in [4.69, 9.17) is 9.47 Å². The van der Waals surface area contributed by atoms with Gasteiger partial charge in [0, 0.05) is 25.4 Å². The number of aryl methyl sites for hydroxylation is 1. The Hall–Kier alpha value is -3.80. The predicted octanol–water partition coefficient (Wildman–Crippen LogP) is 4.90. The van der Waals surface area contributed by atoms with Gasteiger partial charge in [0.1, 0.15) is 6.04 Å². The minimum absolute atomic E-state index is 0.0260. The molecule has 188 valence electrons. The summed E-state index contributed by atoms with van der Waals surface area (Å²) in [5, 5.41) is 3.11. The van der Waals surface area contributed by atoms with Gasteiger partial charge in [0.25, 0.3) is 0 Å². The second-order valence-corrected chi connectivity index (χ2v) is 9.22. The van der Waals surface area contributed by atoms with Crippen molar-refractivity contribution in [3.05, 3.63) is 95.6 Å². The van der Waals surface area contributed by atoms with Crippen LogP contribution in [-0.2, 0) is 29.0 Å². The number of rotatable bonds is 11. The smallest absolute Gasteiger partial charge is 0.243 e. The first-order valence-corrected chi connectivity index (χ1v) is 12.6. The van der Waals surface area contributed by atoms with Gasteiger partial charge in [-0.3, -0.25) is 9.59 Å². The zero-order valence-electron chi connectivity index (χ0n) is 21.0. The van der Waals surface area contributed by atoms with Crippen molar-refractivity contribution in [1.82, 2.24) is 10.2 Å². The van der Waals surface area contributed by atoms with Crippen molar-refractivity contribution in [2.75, 3.05) is 6.79 Å². The number of benzene rings is 3. The monoisotopic (exact) mass is 486 g/mol. The Morgan fingerprint density at radius 2 is 1.56 bits per heavy atom. The van der Waals surface area contributed by atoms with Crippen LogP contribution in [0.2, 0.25) is 0 Å². The molecule has 0 aromatic heterocycles. The molecular weight excluding hydrogens is 452 g/mol. The van der Waals surface area contributed by atoms with Crippen LogP contribution in [0.25, 0.3) is 0 Å². The van der Waals surface area contributed by atoms with E-state index in [1.807, 2.05) is 92.7 Å². The minimum Gasteiger partial charge on any atom is -0.454 e. The molecule has 4 rings (SSSR count). The molecular formula is C30H34N2O4. The van der Waals surface area contributed by atoms with E-state index in [2.05, 4.69) is 5.32 Å². The van der Waals surface area contributed by atoms with Gasteiger partial charge in [-0.25, -0.2) is 0 Å². The van der Waals surface area contributed by atoms with Crippen LogP contribution >= 0.6 is 0 Å². The van der Waals surface area contributed by atoms with E-state index < -0.39 is 6.04 Å². The predicted molar refractivity (Wildman–Crippen MR) is 140 cm³/mol. The van der Waals surface area contributed by atoms with E-state index in [9.17, 15) is 9.59 Å². The molecule has 1 aliphatic rings. The van der Waals surface area contributed by atoms with Gasteiger partial charge in [0.15, 0.2) is 11.5 Å². The third-order valence-corrected chi connectivity index (χ3v) is 6.53. The van der Waals surface area contributed by atoms with E-state index in [1.54, 1.807) is 4.90 Å². The highest BCUT2D eigenvalue weighted by Crippen LogP contribution is 2.33. The van der Waals surface area contributed by atoms with Gasteiger partial charge in [0.2, 0.25) is 18.6 Å². The molecule has 0 saturated heterocycles.